The number of aromatic nitrogens is 2. The fourth-order valence-corrected chi connectivity index (χ4v) is 3.95. The first kappa shape index (κ1) is 27.6. The first-order valence-electron chi connectivity index (χ1n) is 11.6. The van der Waals surface area contributed by atoms with Gasteiger partial charge in [-0.2, -0.15) is 0 Å². The highest BCUT2D eigenvalue weighted by Crippen LogP contribution is 2.27. The quantitative estimate of drug-likeness (QED) is 0.300. The summed E-state index contributed by atoms with van der Waals surface area (Å²) in [5, 5.41) is 15.9. The van der Waals surface area contributed by atoms with Crippen molar-refractivity contribution in [2.75, 3.05) is 26.2 Å². The molecule has 2 N–H and O–H groups in total. The number of carbonyl (C=O) groups excluding carboxylic acids is 1. The van der Waals surface area contributed by atoms with Gasteiger partial charge in [0, 0.05) is 49.8 Å². The van der Waals surface area contributed by atoms with Crippen LogP contribution in [-0.2, 0) is 9.59 Å². The van der Waals surface area contributed by atoms with E-state index in [-0.39, 0.29) is 5.91 Å². The number of carbonyl (C=O) groups is 3. The van der Waals surface area contributed by atoms with E-state index in [9.17, 15) is 14.4 Å². The van der Waals surface area contributed by atoms with Crippen LogP contribution in [0.5, 0.6) is 5.75 Å². The molecule has 3 heterocycles. The van der Waals surface area contributed by atoms with Crippen molar-refractivity contribution in [3.8, 4) is 5.75 Å². The largest absolute Gasteiger partial charge is 0.478 e. The van der Waals surface area contributed by atoms with Crippen LogP contribution in [0.1, 0.15) is 35.4 Å². The van der Waals surface area contributed by atoms with Crippen LogP contribution < -0.4 is 4.74 Å². The van der Waals surface area contributed by atoms with E-state index in [0.29, 0.717) is 35.2 Å². The molecule has 0 bridgehead atoms. The number of rotatable bonds is 8. The van der Waals surface area contributed by atoms with E-state index in [1.807, 2.05) is 18.2 Å². The Hall–Kier alpha value is -4.02. The summed E-state index contributed by atoms with van der Waals surface area (Å²) in [4.78, 5) is 44.6. The lowest BCUT2D eigenvalue weighted by Crippen LogP contribution is -2.32. The molecule has 37 heavy (non-hydrogen) atoms. The van der Waals surface area contributed by atoms with Gasteiger partial charge in [-0.3, -0.25) is 14.6 Å². The molecule has 2 aromatic rings. The minimum Gasteiger partial charge on any atom is -0.478 e. The SMILES string of the molecule is O=C(O)/C=C/C(=O)O.O=C1c2ccccc2OC=C(Cl)N1CCCCN1CCC=C(c2ncccn2)C1. The Labute approximate surface area is 219 Å². The fraction of sp³-hybridized carbons (Fsp3) is 0.269. The van der Waals surface area contributed by atoms with Crippen LogP contribution in [0, 0.1) is 0 Å². The standard InChI is InChI=1S/C22H23ClN4O2.C4H4O4/c23-20-16-29-19-9-2-1-8-18(19)22(28)27(20)14-4-3-12-26-13-5-7-17(15-26)21-24-10-6-11-25-21;5-3(6)1-2-4(7)8/h1-2,6-11,16H,3-5,12-15H2;1-2H,(H,5,6)(H,7,8)/b;2-1+. The van der Waals surface area contributed by atoms with Crippen molar-refractivity contribution in [3.63, 3.8) is 0 Å². The molecule has 0 saturated heterocycles. The summed E-state index contributed by atoms with van der Waals surface area (Å²) < 4.78 is 5.53. The van der Waals surface area contributed by atoms with Crippen LogP contribution in [0.4, 0.5) is 0 Å². The van der Waals surface area contributed by atoms with Gasteiger partial charge in [0.05, 0.1) is 5.56 Å². The zero-order valence-electron chi connectivity index (χ0n) is 20.0. The van der Waals surface area contributed by atoms with Crippen LogP contribution in [0.15, 0.2) is 72.4 Å². The molecule has 4 rings (SSSR count). The molecule has 1 aromatic heterocycles. The van der Waals surface area contributed by atoms with E-state index in [2.05, 4.69) is 20.9 Å². The number of hydrogen-bond acceptors (Lipinski definition) is 7. The summed E-state index contributed by atoms with van der Waals surface area (Å²) in [6.07, 6.45) is 11.2. The maximum Gasteiger partial charge on any atom is 0.328 e. The van der Waals surface area contributed by atoms with E-state index in [0.717, 1.165) is 44.7 Å². The molecule has 194 valence electrons. The summed E-state index contributed by atoms with van der Waals surface area (Å²) >= 11 is 6.30. The number of unbranched alkanes of at least 4 members (excludes halogenated alkanes) is 1. The third kappa shape index (κ3) is 8.55. The van der Waals surface area contributed by atoms with Crippen molar-refractivity contribution >= 4 is 35.0 Å². The molecule has 0 spiro atoms. The average Bonchev–Trinajstić information content (AvgIpc) is 3.02. The van der Waals surface area contributed by atoms with E-state index in [1.54, 1.807) is 29.4 Å². The number of aliphatic carboxylic acids is 2. The predicted octanol–water partition coefficient (Wildman–Crippen LogP) is 3.63. The lowest BCUT2D eigenvalue weighted by Gasteiger charge is -2.27. The molecule has 0 unspecified atom stereocenters. The number of benzene rings is 1. The lowest BCUT2D eigenvalue weighted by atomic mass is 10.1. The summed E-state index contributed by atoms with van der Waals surface area (Å²) in [6, 6.07) is 9.04. The molecule has 11 heteroatoms. The summed E-state index contributed by atoms with van der Waals surface area (Å²) in [7, 11) is 0. The van der Waals surface area contributed by atoms with Gasteiger partial charge in [0.1, 0.15) is 17.2 Å². The van der Waals surface area contributed by atoms with Gasteiger partial charge in [0.15, 0.2) is 5.82 Å². The molecule has 10 nitrogen and oxygen atoms in total. The first-order chi connectivity index (χ1) is 17.8. The highest BCUT2D eigenvalue weighted by molar-refractivity contribution is 6.30. The second-order valence-electron chi connectivity index (χ2n) is 8.09. The van der Waals surface area contributed by atoms with Gasteiger partial charge in [-0.1, -0.05) is 29.8 Å². The topological polar surface area (TPSA) is 133 Å². The van der Waals surface area contributed by atoms with Gasteiger partial charge in [0.25, 0.3) is 5.91 Å². The Morgan fingerprint density at radius 3 is 2.41 bits per heavy atom. The second kappa shape index (κ2) is 13.9. The molecule has 0 atom stereocenters. The molecule has 1 amide bonds. The van der Waals surface area contributed by atoms with Gasteiger partial charge >= 0.3 is 11.9 Å². The van der Waals surface area contributed by atoms with Crippen LogP contribution in [0.25, 0.3) is 5.57 Å². The Kier molecular flexibility index (Phi) is 10.4. The van der Waals surface area contributed by atoms with Gasteiger partial charge in [0.2, 0.25) is 0 Å². The monoisotopic (exact) mass is 526 g/mol. The first-order valence-corrected chi connectivity index (χ1v) is 12.0. The third-order valence-electron chi connectivity index (χ3n) is 5.46. The zero-order chi connectivity index (χ0) is 26.6. The molecule has 2 aliphatic rings. The van der Waals surface area contributed by atoms with Crippen LogP contribution >= 0.6 is 11.6 Å². The molecular weight excluding hydrogens is 500 g/mol. The van der Waals surface area contributed by atoms with Crippen molar-refractivity contribution in [1.82, 2.24) is 19.8 Å². The molecular formula is C26H27ClN4O6. The van der Waals surface area contributed by atoms with Gasteiger partial charge in [-0.05, 0) is 44.0 Å². The Morgan fingerprint density at radius 2 is 1.70 bits per heavy atom. The molecule has 1 aromatic carbocycles. The Morgan fingerprint density at radius 1 is 1.03 bits per heavy atom. The third-order valence-corrected chi connectivity index (χ3v) is 5.75. The predicted molar refractivity (Wildman–Crippen MR) is 137 cm³/mol. The summed E-state index contributed by atoms with van der Waals surface area (Å²) in [6.45, 7) is 3.40. The number of carboxylic acids is 2. The van der Waals surface area contributed by atoms with Crippen molar-refractivity contribution in [2.24, 2.45) is 0 Å². The van der Waals surface area contributed by atoms with E-state index >= 15 is 0 Å². The minimum absolute atomic E-state index is 0.122. The number of nitrogens with zero attached hydrogens (tertiary/aromatic N) is 4. The summed E-state index contributed by atoms with van der Waals surface area (Å²) in [5.74, 6) is -1.29. The Bertz CT molecular complexity index is 1180. The van der Waals surface area contributed by atoms with Crippen LogP contribution in [0.3, 0.4) is 0 Å². The molecule has 0 aliphatic carbocycles. The fourth-order valence-electron chi connectivity index (χ4n) is 3.74. The maximum absolute atomic E-state index is 12.8. The molecule has 0 fully saturated rings. The highest BCUT2D eigenvalue weighted by atomic mass is 35.5. The van der Waals surface area contributed by atoms with E-state index in [4.69, 9.17) is 26.6 Å². The van der Waals surface area contributed by atoms with E-state index in [1.165, 1.54) is 11.8 Å². The zero-order valence-corrected chi connectivity index (χ0v) is 20.8. The lowest BCUT2D eigenvalue weighted by molar-refractivity contribution is -0.134. The molecule has 0 saturated carbocycles. The minimum atomic E-state index is -1.26. The van der Waals surface area contributed by atoms with Gasteiger partial charge < -0.3 is 14.9 Å². The average molecular weight is 527 g/mol. The normalized spacial score (nSPS) is 15.5. The maximum atomic E-state index is 12.8. The number of fused-ring (bicyclic) bond motifs is 1. The van der Waals surface area contributed by atoms with Crippen molar-refractivity contribution < 1.29 is 29.3 Å². The number of ether oxygens (including phenoxy) is 1. The smallest absolute Gasteiger partial charge is 0.328 e. The van der Waals surface area contributed by atoms with Crippen LogP contribution in [0.2, 0.25) is 0 Å². The second-order valence-corrected chi connectivity index (χ2v) is 8.48. The number of amides is 1. The molecule has 2 aliphatic heterocycles. The van der Waals surface area contributed by atoms with Crippen molar-refractivity contribution in [1.29, 1.82) is 0 Å². The molecule has 0 radical (unpaired) electrons. The number of para-hydroxylation sites is 1. The van der Waals surface area contributed by atoms with Crippen molar-refractivity contribution in [2.45, 2.75) is 19.3 Å². The van der Waals surface area contributed by atoms with E-state index < -0.39 is 11.9 Å². The number of hydrogen-bond donors (Lipinski definition) is 2. The summed E-state index contributed by atoms with van der Waals surface area (Å²) in [5.41, 5.74) is 1.72. The van der Waals surface area contributed by atoms with Gasteiger partial charge in [-0.15, -0.1) is 0 Å². The Balaban J connectivity index is 0.000000414. The number of halogens is 1. The van der Waals surface area contributed by atoms with Gasteiger partial charge in [-0.25, -0.2) is 19.6 Å². The number of carboxylic acid groups (broad SMARTS) is 2. The van der Waals surface area contributed by atoms with Crippen LogP contribution in [-0.4, -0.2) is 74.0 Å². The van der Waals surface area contributed by atoms with Crippen molar-refractivity contribution in [3.05, 3.63) is 83.8 Å². The highest BCUT2D eigenvalue weighted by Gasteiger charge is 2.25.